The first-order valence-electron chi connectivity index (χ1n) is 7.61. The van der Waals surface area contributed by atoms with Crippen LogP contribution in [0.3, 0.4) is 0 Å². The highest BCUT2D eigenvalue weighted by molar-refractivity contribution is 5.91. The molecule has 0 aromatic heterocycles. The van der Waals surface area contributed by atoms with Crippen molar-refractivity contribution in [3.63, 3.8) is 0 Å². The number of carbonyl (C=O) groups is 1. The zero-order chi connectivity index (χ0) is 14.3. The summed E-state index contributed by atoms with van der Waals surface area (Å²) in [7, 11) is 0. The van der Waals surface area contributed by atoms with Gasteiger partial charge in [0.05, 0.1) is 17.1 Å². The van der Waals surface area contributed by atoms with E-state index in [1.54, 1.807) is 0 Å². The van der Waals surface area contributed by atoms with Gasteiger partial charge in [0.25, 0.3) is 0 Å². The van der Waals surface area contributed by atoms with Crippen LogP contribution >= 0.6 is 0 Å². The van der Waals surface area contributed by atoms with Gasteiger partial charge in [0, 0.05) is 6.61 Å². The third-order valence-electron chi connectivity index (χ3n) is 4.67. The van der Waals surface area contributed by atoms with Crippen molar-refractivity contribution < 1.29 is 14.3 Å². The molecule has 19 heavy (non-hydrogen) atoms. The molecule has 0 spiro atoms. The molecule has 0 aromatic rings. The summed E-state index contributed by atoms with van der Waals surface area (Å²) < 4.78 is 12.0. The van der Waals surface area contributed by atoms with Crippen molar-refractivity contribution in [2.24, 2.45) is 5.92 Å². The molecule has 110 valence electrons. The molecule has 3 heteroatoms. The van der Waals surface area contributed by atoms with Gasteiger partial charge in [0.1, 0.15) is 5.60 Å². The second-order valence-corrected chi connectivity index (χ2v) is 7.22. The Labute approximate surface area is 117 Å². The van der Waals surface area contributed by atoms with E-state index in [4.69, 9.17) is 9.47 Å². The first-order valence-corrected chi connectivity index (χ1v) is 7.61. The van der Waals surface area contributed by atoms with Gasteiger partial charge in [-0.2, -0.15) is 0 Å². The van der Waals surface area contributed by atoms with Crippen LogP contribution in [0.4, 0.5) is 0 Å². The van der Waals surface area contributed by atoms with Crippen LogP contribution < -0.4 is 0 Å². The maximum absolute atomic E-state index is 13.1. The van der Waals surface area contributed by atoms with Crippen LogP contribution in [0.15, 0.2) is 0 Å². The van der Waals surface area contributed by atoms with Crippen LogP contribution in [0, 0.1) is 5.92 Å². The lowest BCUT2D eigenvalue weighted by atomic mass is 9.77. The molecule has 0 amide bonds. The third-order valence-corrected chi connectivity index (χ3v) is 4.67. The van der Waals surface area contributed by atoms with Crippen molar-refractivity contribution in [2.45, 2.75) is 83.5 Å². The molecule has 3 nitrogen and oxygen atoms in total. The molecule has 0 aromatic carbocycles. The number of hydrogen-bond donors (Lipinski definition) is 0. The molecule has 2 fully saturated rings. The molecule has 0 N–H and O–H groups in total. The minimum atomic E-state index is -0.527. The molecule has 1 heterocycles. The highest BCUT2D eigenvalue weighted by Gasteiger charge is 2.55. The van der Waals surface area contributed by atoms with E-state index in [1.165, 1.54) is 0 Å². The molecule has 0 radical (unpaired) electrons. The lowest BCUT2D eigenvalue weighted by Crippen LogP contribution is -2.47. The number of ketones is 1. The Hall–Kier alpha value is -0.410. The van der Waals surface area contributed by atoms with Gasteiger partial charge >= 0.3 is 0 Å². The molecular weight excluding hydrogens is 240 g/mol. The van der Waals surface area contributed by atoms with E-state index < -0.39 is 5.60 Å². The number of rotatable bonds is 4. The maximum atomic E-state index is 13.1. The predicted molar refractivity (Wildman–Crippen MR) is 75.2 cm³/mol. The minimum absolute atomic E-state index is 0.0489. The molecule has 1 unspecified atom stereocenters. The third kappa shape index (κ3) is 2.73. The van der Waals surface area contributed by atoms with E-state index in [1.807, 2.05) is 20.8 Å². The predicted octanol–water partition coefficient (Wildman–Crippen LogP) is 3.50. The van der Waals surface area contributed by atoms with Gasteiger partial charge in [-0.15, -0.1) is 0 Å². The van der Waals surface area contributed by atoms with Crippen LogP contribution in [0.2, 0.25) is 0 Å². The fourth-order valence-electron chi connectivity index (χ4n) is 3.97. The second-order valence-electron chi connectivity index (χ2n) is 7.22. The maximum Gasteiger partial charge on any atom is 0.170 e. The van der Waals surface area contributed by atoms with E-state index in [2.05, 4.69) is 13.8 Å². The smallest absolute Gasteiger partial charge is 0.170 e. The van der Waals surface area contributed by atoms with Gasteiger partial charge in [-0.05, 0) is 66.7 Å². The Balaban J connectivity index is 2.23. The summed E-state index contributed by atoms with van der Waals surface area (Å²) in [6.07, 6.45) is 4.76. The lowest BCUT2D eigenvalue weighted by molar-refractivity contribution is -0.153. The van der Waals surface area contributed by atoms with Crippen LogP contribution in [0.5, 0.6) is 0 Å². The van der Waals surface area contributed by atoms with Crippen molar-refractivity contribution >= 4 is 5.78 Å². The quantitative estimate of drug-likeness (QED) is 0.783. The lowest BCUT2D eigenvalue weighted by Gasteiger charge is -2.34. The molecule has 1 atom stereocenters. The zero-order valence-electron chi connectivity index (χ0n) is 13.0. The van der Waals surface area contributed by atoms with Crippen molar-refractivity contribution in [1.82, 2.24) is 0 Å². The van der Waals surface area contributed by atoms with Gasteiger partial charge in [-0.25, -0.2) is 0 Å². The molecule has 2 rings (SSSR count). The number of hydrogen-bond acceptors (Lipinski definition) is 3. The van der Waals surface area contributed by atoms with Crippen molar-refractivity contribution in [1.29, 1.82) is 0 Å². The highest BCUT2D eigenvalue weighted by atomic mass is 16.5. The van der Waals surface area contributed by atoms with Crippen LogP contribution in [0.25, 0.3) is 0 Å². The highest BCUT2D eigenvalue weighted by Crippen LogP contribution is 2.47. The van der Waals surface area contributed by atoms with Crippen molar-refractivity contribution in [2.75, 3.05) is 6.61 Å². The monoisotopic (exact) mass is 268 g/mol. The van der Waals surface area contributed by atoms with Crippen LogP contribution in [-0.4, -0.2) is 29.2 Å². The molecule has 1 aliphatic heterocycles. The van der Waals surface area contributed by atoms with Gasteiger partial charge in [0.2, 0.25) is 0 Å². The fraction of sp³-hybridized carbons (Fsp3) is 0.938. The fourth-order valence-corrected chi connectivity index (χ4v) is 3.97. The summed E-state index contributed by atoms with van der Waals surface area (Å²) in [5.41, 5.74) is -1.12. The van der Waals surface area contributed by atoms with Crippen LogP contribution in [0.1, 0.15) is 66.7 Å². The summed E-state index contributed by atoms with van der Waals surface area (Å²) in [6.45, 7) is 10.8. The summed E-state index contributed by atoms with van der Waals surface area (Å²) >= 11 is 0. The van der Waals surface area contributed by atoms with Crippen molar-refractivity contribution in [3.05, 3.63) is 0 Å². The second kappa shape index (κ2) is 4.85. The average Bonchev–Trinajstić information content (AvgIpc) is 2.81. The Morgan fingerprint density at radius 2 is 1.79 bits per heavy atom. The summed E-state index contributed by atoms with van der Waals surface area (Å²) in [4.78, 5) is 13.1. The summed E-state index contributed by atoms with van der Waals surface area (Å²) in [5, 5.41) is 0. The van der Waals surface area contributed by atoms with Crippen molar-refractivity contribution in [3.8, 4) is 0 Å². The number of Topliss-reactive ketones (excluding diaryl/α,β-unsaturated/α-hetero) is 1. The van der Waals surface area contributed by atoms with Gasteiger partial charge in [-0.1, -0.05) is 0 Å². The Morgan fingerprint density at radius 3 is 2.21 bits per heavy atom. The molecule has 1 saturated heterocycles. The topological polar surface area (TPSA) is 35.5 Å². The summed E-state index contributed by atoms with van der Waals surface area (Å²) in [5.74, 6) is 0.231. The van der Waals surface area contributed by atoms with Gasteiger partial charge < -0.3 is 9.47 Å². The number of carbonyl (C=O) groups excluding carboxylic acids is 1. The largest absolute Gasteiger partial charge is 0.369 e. The molecule has 1 aliphatic carbocycles. The SMILES string of the molecule is CCOC1(C(=O)C2CC(C)(C)OC2(C)C)CCCC1. The Bertz CT molecular complexity index is 351. The van der Waals surface area contributed by atoms with E-state index >= 15 is 0 Å². The minimum Gasteiger partial charge on any atom is -0.369 e. The summed E-state index contributed by atoms with van der Waals surface area (Å²) in [6, 6.07) is 0. The van der Waals surface area contributed by atoms with E-state index in [0.717, 1.165) is 32.1 Å². The normalized spacial score (nSPS) is 31.5. The van der Waals surface area contributed by atoms with E-state index in [-0.39, 0.29) is 22.9 Å². The number of ether oxygens (including phenoxy) is 2. The van der Waals surface area contributed by atoms with Gasteiger partial charge in [0.15, 0.2) is 5.78 Å². The van der Waals surface area contributed by atoms with E-state index in [0.29, 0.717) is 6.61 Å². The molecule has 0 bridgehead atoms. The molecule has 2 aliphatic rings. The first-order chi connectivity index (χ1) is 8.72. The first kappa shape index (κ1) is 15.0. The molecular formula is C16H28O3. The Kier molecular flexibility index (Phi) is 3.83. The van der Waals surface area contributed by atoms with Gasteiger partial charge in [-0.3, -0.25) is 4.79 Å². The standard InChI is InChI=1S/C16H28O3/c1-6-18-16(9-7-8-10-16)13(17)12-11-14(2,3)19-15(12,4)5/h12H,6-11H2,1-5H3. The van der Waals surface area contributed by atoms with Crippen LogP contribution in [-0.2, 0) is 14.3 Å². The van der Waals surface area contributed by atoms with E-state index in [9.17, 15) is 4.79 Å². The Morgan fingerprint density at radius 1 is 1.21 bits per heavy atom. The zero-order valence-corrected chi connectivity index (χ0v) is 13.0. The average molecular weight is 268 g/mol. The molecule has 1 saturated carbocycles.